The van der Waals surface area contributed by atoms with E-state index < -0.39 is 27.0 Å². The van der Waals surface area contributed by atoms with Crippen molar-refractivity contribution in [3.8, 4) is 0 Å². The van der Waals surface area contributed by atoms with Crippen molar-refractivity contribution in [2.45, 2.75) is 0 Å². The third-order valence-corrected chi connectivity index (χ3v) is 20.6. The van der Waals surface area contributed by atoms with Crippen LogP contribution in [0.2, 0.25) is 0 Å². The molecule has 4 heteroatoms. The van der Waals surface area contributed by atoms with Crippen LogP contribution in [0, 0.1) is 0 Å². The van der Waals surface area contributed by atoms with Gasteiger partial charge < -0.3 is 0 Å². The van der Waals surface area contributed by atoms with Crippen LogP contribution in [0.3, 0.4) is 0 Å². The molecule has 3 aliphatic rings. The maximum atomic E-state index is 14.2. The predicted octanol–water partition coefficient (Wildman–Crippen LogP) is -0.892. The molecule has 0 unspecified atom stereocenters. The van der Waals surface area contributed by atoms with Crippen LogP contribution in [-0.2, 0) is 7.48 Å². The molecule has 22 heavy (non-hydrogen) atoms. The summed E-state index contributed by atoms with van der Waals surface area (Å²) in [7, 11) is 0. The summed E-state index contributed by atoms with van der Waals surface area (Å²) < 4.78 is 33.5. The first-order valence-electron chi connectivity index (χ1n) is 7.19. The fourth-order valence-electron chi connectivity index (χ4n) is 3.77. The van der Waals surface area contributed by atoms with E-state index in [4.69, 9.17) is 0 Å². The molecule has 3 aromatic carbocycles. The first-order valence-corrected chi connectivity index (χ1v) is 14.4. The second kappa shape index (κ2) is 4.01. The van der Waals surface area contributed by atoms with Crippen LogP contribution in [0.5, 0.6) is 0 Å². The molecule has 0 radical (unpaired) electrons. The van der Waals surface area contributed by atoms with Gasteiger partial charge in [0.15, 0.2) is 0 Å². The first-order chi connectivity index (χ1) is 10.7. The molecule has 3 heterocycles. The average molecular weight is 410 g/mol. The van der Waals surface area contributed by atoms with Crippen LogP contribution >= 0.6 is 0 Å². The first kappa shape index (κ1) is 12.9. The maximum absolute atomic E-state index is 14.2. The SMILES string of the molecule is O=[As]12c3ccccc3[As](=O)(c3ccccc31)c1ccccc12. The van der Waals surface area contributed by atoms with Gasteiger partial charge in [-0.3, -0.25) is 0 Å². The molecule has 0 aromatic heterocycles. The molecule has 2 bridgehead atoms. The van der Waals surface area contributed by atoms with Crippen LogP contribution in [-0.4, -0.2) is 27.0 Å². The van der Waals surface area contributed by atoms with Crippen LogP contribution in [0.4, 0.5) is 0 Å². The van der Waals surface area contributed by atoms with Gasteiger partial charge >= 0.3 is 133 Å². The van der Waals surface area contributed by atoms with Gasteiger partial charge in [-0.1, -0.05) is 0 Å². The molecule has 2 nitrogen and oxygen atoms in total. The average Bonchev–Trinajstić information content (AvgIpc) is 2.59. The Morgan fingerprint density at radius 2 is 0.591 bits per heavy atom. The molecule has 0 saturated heterocycles. The van der Waals surface area contributed by atoms with Gasteiger partial charge in [-0.15, -0.1) is 0 Å². The summed E-state index contributed by atoms with van der Waals surface area (Å²) in [6, 6.07) is 23.0. The molecular weight excluding hydrogens is 398 g/mol. The summed E-state index contributed by atoms with van der Waals surface area (Å²) in [5.74, 6) is 0. The van der Waals surface area contributed by atoms with Crippen LogP contribution in [0.1, 0.15) is 0 Å². The Hall–Kier alpha value is -1.62. The quantitative estimate of drug-likeness (QED) is 0.311. The minimum absolute atomic E-state index is 0.848. The van der Waals surface area contributed by atoms with Crippen molar-refractivity contribution in [2.75, 3.05) is 0 Å². The van der Waals surface area contributed by atoms with Gasteiger partial charge in [0.05, 0.1) is 0 Å². The Morgan fingerprint density at radius 1 is 0.409 bits per heavy atom. The minimum atomic E-state index is -3.69. The number of hydrogen-bond donors (Lipinski definition) is 0. The van der Waals surface area contributed by atoms with Crippen molar-refractivity contribution >= 4 is 53.1 Å². The topological polar surface area (TPSA) is 34.1 Å². The fraction of sp³-hybridized carbons (Fsp3) is 0. The summed E-state index contributed by atoms with van der Waals surface area (Å²) in [5, 5.41) is 0. The Labute approximate surface area is 133 Å². The van der Waals surface area contributed by atoms with E-state index in [9.17, 15) is 7.48 Å². The van der Waals surface area contributed by atoms with E-state index in [1.54, 1.807) is 0 Å². The third-order valence-electron chi connectivity index (χ3n) is 4.68. The van der Waals surface area contributed by atoms with E-state index in [-0.39, 0.29) is 0 Å². The zero-order valence-electron chi connectivity index (χ0n) is 11.6. The van der Waals surface area contributed by atoms with Crippen molar-refractivity contribution in [3.05, 3.63) is 72.8 Å². The monoisotopic (exact) mass is 410 g/mol. The zero-order chi connectivity index (χ0) is 14.9. The van der Waals surface area contributed by atoms with Gasteiger partial charge in [-0.25, -0.2) is 0 Å². The molecule has 6 rings (SSSR count). The molecule has 0 atom stereocenters. The Kier molecular flexibility index (Phi) is 2.35. The molecular formula is C18H12As2O2. The van der Waals surface area contributed by atoms with Gasteiger partial charge in [0.25, 0.3) is 0 Å². The van der Waals surface area contributed by atoms with Crippen LogP contribution < -0.4 is 26.1 Å². The summed E-state index contributed by atoms with van der Waals surface area (Å²) in [6.07, 6.45) is 0. The van der Waals surface area contributed by atoms with Gasteiger partial charge in [-0.2, -0.15) is 0 Å². The van der Waals surface area contributed by atoms with E-state index in [1.807, 2.05) is 72.8 Å². The van der Waals surface area contributed by atoms with E-state index in [0.29, 0.717) is 0 Å². The number of rotatable bonds is 0. The zero-order valence-corrected chi connectivity index (χ0v) is 15.4. The van der Waals surface area contributed by atoms with E-state index >= 15 is 0 Å². The molecule has 0 amide bonds. The molecule has 0 saturated carbocycles. The van der Waals surface area contributed by atoms with E-state index in [1.165, 1.54) is 0 Å². The van der Waals surface area contributed by atoms with Gasteiger partial charge in [0.2, 0.25) is 0 Å². The second-order valence-corrected chi connectivity index (χ2v) is 16.9. The number of hydrogen-bond acceptors (Lipinski definition) is 2. The third kappa shape index (κ3) is 1.22. The standard InChI is InChI=1S/C18H12As2O2/c21-19-13-7-1-2-8-14(13)20(22,17-11-5-3-9-15(17)19)18-12-6-4-10-16(18)19/h1-12H. The van der Waals surface area contributed by atoms with Crippen LogP contribution in [0.25, 0.3) is 0 Å². The molecule has 0 spiro atoms. The molecule has 0 N–H and O–H groups in total. The Morgan fingerprint density at radius 3 is 0.773 bits per heavy atom. The van der Waals surface area contributed by atoms with Gasteiger partial charge in [0, 0.05) is 0 Å². The fourth-order valence-corrected chi connectivity index (χ4v) is 25.0. The molecule has 0 aliphatic carbocycles. The summed E-state index contributed by atoms with van der Waals surface area (Å²) >= 11 is -7.38. The van der Waals surface area contributed by atoms with Crippen molar-refractivity contribution in [1.29, 1.82) is 0 Å². The van der Waals surface area contributed by atoms with Crippen LogP contribution in [0.15, 0.2) is 72.8 Å². The number of benzene rings is 3. The van der Waals surface area contributed by atoms with Gasteiger partial charge in [0.1, 0.15) is 0 Å². The summed E-state index contributed by atoms with van der Waals surface area (Å²) in [4.78, 5) is 0. The van der Waals surface area contributed by atoms with Crippen molar-refractivity contribution in [2.24, 2.45) is 0 Å². The van der Waals surface area contributed by atoms with Crippen molar-refractivity contribution in [1.82, 2.24) is 0 Å². The van der Waals surface area contributed by atoms with Crippen molar-refractivity contribution in [3.63, 3.8) is 0 Å². The van der Waals surface area contributed by atoms with E-state index in [2.05, 4.69) is 0 Å². The Bertz CT molecular complexity index is 837. The van der Waals surface area contributed by atoms with Gasteiger partial charge in [-0.05, 0) is 0 Å². The molecule has 106 valence electrons. The van der Waals surface area contributed by atoms with E-state index in [0.717, 1.165) is 26.1 Å². The normalized spacial score (nSPS) is 26.9. The second-order valence-electron chi connectivity index (χ2n) is 5.68. The summed E-state index contributed by atoms with van der Waals surface area (Å²) in [6.45, 7) is 0. The molecule has 0 fully saturated rings. The van der Waals surface area contributed by atoms with Crippen molar-refractivity contribution < 1.29 is 7.48 Å². The predicted molar refractivity (Wildman–Crippen MR) is 90.0 cm³/mol. The molecule has 3 aliphatic heterocycles. The Balaban J connectivity index is 2.11. The molecule has 3 aromatic rings. The summed E-state index contributed by atoms with van der Waals surface area (Å²) in [5.41, 5.74) is 0.